The number of esters is 1. The Morgan fingerprint density at radius 3 is 2.47 bits per heavy atom. The van der Waals surface area contributed by atoms with Gasteiger partial charge in [0, 0.05) is 28.7 Å². The number of fused-ring (bicyclic) bond motifs is 3. The Bertz CT molecular complexity index is 1090. The van der Waals surface area contributed by atoms with E-state index in [1.165, 1.54) is 0 Å². The second-order valence-corrected chi connectivity index (χ2v) is 12.2. The molecule has 0 aromatic carbocycles. The van der Waals surface area contributed by atoms with Gasteiger partial charge < -0.3 is 23.7 Å². The lowest BCUT2D eigenvalue weighted by Gasteiger charge is -2.64. The third kappa shape index (κ3) is 2.25. The lowest BCUT2D eigenvalue weighted by molar-refractivity contribution is -0.211. The number of hydrogen-bond acceptors (Lipinski definition) is 7. The maximum atomic E-state index is 14.2. The van der Waals surface area contributed by atoms with Crippen LogP contribution in [-0.4, -0.2) is 46.2 Å². The maximum Gasteiger partial charge on any atom is 0.339 e. The Kier molecular flexibility index (Phi) is 4.14. The van der Waals surface area contributed by atoms with Gasteiger partial charge in [0.1, 0.15) is 17.5 Å². The van der Waals surface area contributed by atoms with Crippen LogP contribution in [-0.2, 0) is 28.6 Å². The van der Waals surface area contributed by atoms with Crippen molar-refractivity contribution in [2.75, 3.05) is 0 Å². The molecule has 5 fully saturated rings. The summed E-state index contributed by atoms with van der Waals surface area (Å²) in [6, 6.07) is 1.80. The van der Waals surface area contributed by atoms with Crippen molar-refractivity contribution in [3.63, 3.8) is 0 Å². The number of aliphatic carboxylic acids is 1. The molecule has 1 N–H and O–H groups in total. The van der Waals surface area contributed by atoms with Gasteiger partial charge in [0.05, 0.1) is 36.1 Å². The number of carbonyl (C=O) groups is 3. The Hall–Kier alpha value is -2.19. The molecule has 0 amide bonds. The Balaban J connectivity index is 1.51. The van der Waals surface area contributed by atoms with E-state index in [0.29, 0.717) is 12.8 Å². The first-order valence-electron chi connectivity index (χ1n) is 12.2. The number of rotatable bonds is 3. The van der Waals surface area contributed by atoms with Crippen molar-refractivity contribution in [1.82, 2.24) is 0 Å². The summed E-state index contributed by atoms with van der Waals surface area (Å²) in [5.41, 5.74) is -3.03. The van der Waals surface area contributed by atoms with Crippen molar-refractivity contribution in [2.45, 2.75) is 89.8 Å². The van der Waals surface area contributed by atoms with Crippen LogP contribution < -0.4 is 0 Å². The van der Waals surface area contributed by atoms with Crippen LogP contribution >= 0.6 is 0 Å². The number of carboxylic acid groups (broad SMARTS) is 1. The summed E-state index contributed by atoms with van der Waals surface area (Å²) in [6.07, 6.45) is 2.74. The Morgan fingerprint density at radius 2 is 1.82 bits per heavy atom. The first-order chi connectivity index (χ1) is 15.8. The normalized spacial score (nSPS) is 50.4. The number of Topliss-reactive ketones (excluding diaryl/α,β-unsaturated/α-hetero) is 1. The summed E-state index contributed by atoms with van der Waals surface area (Å²) >= 11 is 0. The van der Waals surface area contributed by atoms with Crippen LogP contribution in [0.3, 0.4) is 0 Å². The van der Waals surface area contributed by atoms with Crippen LogP contribution in [0.4, 0.5) is 0 Å². The number of furan rings is 1. The molecule has 0 radical (unpaired) electrons. The smallest absolute Gasteiger partial charge is 0.339 e. The zero-order chi connectivity index (χ0) is 24.5. The lowest BCUT2D eigenvalue weighted by Crippen LogP contribution is -2.71. The van der Waals surface area contributed by atoms with Crippen LogP contribution in [0.2, 0.25) is 0 Å². The highest BCUT2D eigenvalue weighted by Gasteiger charge is 2.89. The van der Waals surface area contributed by atoms with E-state index < -0.39 is 57.7 Å². The van der Waals surface area contributed by atoms with E-state index in [1.54, 1.807) is 18.6 Å². The average molecular weight is 473 g/mol. The van der Waals surface area contributed by atoms with E-state index >= 15 is 0 Å². The number of ketones is 1. The van der Waals surface area contributed by atoms with Crippen LogP contribution in [0.25, 0.3) is 0 Å². The molecule has 9 atom stereocenters. The predicted molar refractivity (Wildman–Crippen MR) is 117 cm³/mol. The summed E-state index contributed by atoms with van der Waals surface area (Å²) in [5, 5.41) is 9.68. The fraction of sp³-hybridized carbons (Fsp3) is 0.731. The second kappa shape index (κ2) is 6.32. The van der Waals surface area contributed by atoms with Crippen molar-refractivity contribution in [3.8, 4) is 0 Å². The van der Waals surface area contributed by atoms with Crippen molar-refractivity contribution in [3.05, 3.63) is 24.2 Å². The van der Waals surface area contributed by atoms with E-state index in [-0.39, 0.29) is 30.5 Å². The average Bonchev–Trinajstić information content (AvgIpc) is 3.25. The van der Waals surface area contributed by atoms with Gasteiger partial charge in [0.15, 0.2) is 6.10 Å². The van der Waals surface area contributed by atoms with Crippen LogP contribution in [0.1, 0.15) is 72.0 Å². The quantitative estimate of drug-likeness (QED) is 0.523. The van der Waals surface area contributed by atoms with Crippen molar-refractivity contribution < 1.29 is 38.1 Å². The molecule has 3 saturated heterocycles. The molecule has 2 aliphatic carbocycles. The zero-order valence-electron chi connectivity index (χ0n) is 20.3. The highest BCUT2D eigenvalue weighted by molar-refractivity contribution is 5.93. The van der Waals surface area contributed by atoms with Gasteiger partial charge in [-0.1, -0.05) is 13.8 Å². The molecule has 8 nitrogen and oxygen atoms in total. The largest absolute Gasteiger partial charge is 0.481 e. The third-order valence-corrected chi connectivity index (χ3v) is 10.6. The number of epoxide rings is 1. The van der Waals surface area contributed by atoms with Crippen LogP contribution in [0, 0.1) is 28.1 Å². The first kappa shape index (κ1) is 22.3. The molecule has 2 saturated carbocycles. The molecule has 6 rings (SSSR count). The molecule has 1 aromatic rings. The number of hydrogen-bond donors (Lipinski definition) is 1. The molecule has 34 heavy (non-hydrogen) atoms. The number of carbonyl (C=O) groups excluding carboxylic acids is 2. The molecular weight excluding hydrogens is 440 g/mol. The first-order valence-corrected chi connectivity index (χ1v) is 12.2. The summed E-state index contributed by atoms with van der Waals surface area (Å²) in [5.74, 6) is -1.60. The fourth-order valence-electron chi connectivity index (χ4n) is 9.09. The predicted octanol–water partition coefficient (Wildman–Crippen LogP) is 3.69. The molecular formula is C26H32O8. The SMILES string of the molecule is CC1(C)O[C@@H](CC(=O)O)[C@]2(C)C3CC[C@@]4(C)[C@H](c5ccoc5)OC(=O)[C@H]5O[C@]54[C@]3(C)C(=O)C[C@@H]12. The summed E-state index contributed by atoms with van der Waals surface area (Å²) in [4.78, 5) is 39.1. The lowest BCUT2D eigenvalue weighted by atomic mass is 9.37. The van der Waals surface area contributed by atoms with E-state index in [2.05, 4.69) is 13.8 Å². The van der Waals surface area contributed by atoms with Gasteiger partial charge in [-0.25, -0.2) is 4.79 Å². The minimum atomic E-state index is -1.01. The Labute approximate surface area is 198 Å². The van der Waals surface area contributed by atoms with Crippen molar-refractivity contribution >= 4 is 17.7 Å². The van der Waals surface area contributed by atoms with Gasteiger partial charge >= 0.3 is 11.9 Å². The second-order valence-electron chi connectivity index (χ2n) is 12.2. The zero-order valence-corrected chi connectivity index (χ0v) is 20.3. The molecule has 1 unspecified atom stereocenters. The highest BCUT2D eigenvalue weighted by Crippen LogP contribution is 2.79. The molecule has 184 valence electrons. The van der Waals surface area contributed by atoms with Gasteiger partial charge in [0.25, 0.3) is 0 Å². The molecule has 4 heterocycles. The summed E-state index contributed by atoms with van der Waals surface area (Å²) < 4.78 is 23.9. The number of carboxylic acids is 1. The number of ether oxygens (including phenoxy) is 3. The van der Waals surface area contributed by atoms with E-state index in [1.807, 2.05) is 20.8 Å². The topological polar surface area (TPSA) is 116 Å². The van der Waals surface area contributed by atoms with Gasteiger partial charge in [-0.2, -0.15) is 0 Å². The minimum absolute atomic E-state index is 0.0710. The minimum Gasteiger partial charge on any atom is -0.481 e. The van der Waals surface area contributed by atoms with Crippen LogP contribution in [0.15, 0.2) is 23.0 Å². The van der Waals surface area contributed by atoms with Gasteiger partial charge in [-0.3, -0.25) is 9.59 Å². The third-order valence-electron chi connectivity index (χ3n) is 10.6. The Morgan fingerprint density at radius 1 is 1.09 bits per heavy atom. The molecule has 3 aliphatic heterocycles. The molecule has 0 bridgehead atoms. The molecule has 8 heteroatoms. The molecule has 1 aromatic heterocycles. The summed E-state index contributed by atoms with van der Waals surface area (Å²) in [6.45, 7) is 10.0. The van der Waals surface area contributed by atoms with E-state index in [9.17, 15) is 19.5 Å². The molecule has 5 aliphatic rings. The van der Waals surface area contributed by atoms with Crippen LogP contribution in [0.5, 0.6) is 0 Å². The van der Waals surface area contributed by atoms with E-state index in [0.717, 1.165) is 5.56 Å². The van der Waals surface area contributed by atoms with Gasteiger partial charge in [0.2, 0.25) is 0 Å². The van der Waals surface area contributed by atoms with Gasteiger partial charge in [-0.15, -0.1) is 0 Å². The summed E-state index contributed by atoms with van der Waals surface area (Å²) in [7, 11) is 0. The monoisotopic (exact) mass is 472 g/mol. The standard InChI is InChI=1S/C26H32O8/c1-22(2)15-10-16(27)25(5)14(24(15,4)17(33-22)11-18(28)29)6-8-23(3)19(13-7-9-31-12-13)32-21(30)20-26(23,25)34-20/h7,9,12,14-15,17,19-20H,6,8,10-11H2,1-5H3,(H,28,29)/t14?,15-,17-,19-,20+,23-,24+,25-,26+/m0/s1. The molecule has 1 spiro atoms. The number of cyclic esters (lactones) is 1. The highest BCUT2D eigenvalue weighted by atomic mass is 16.7. The fourth-order valence-corrected chi connectivity index (χ4v) is 9.09. The van der Waals surface area contributed by atoms with E-state index in [4.69, 9.17) is 18.6 Å². The van der Waals surface area contributed by atoms with Crippen molar-refractivity contribution in [1.29, 1.82) is 0 Å². The van der Waals surface area contributed by atoms with Gasteiger partial charge in [-0.05, 0) is 45.6 Å². The van der Waals surface area contributed by atoms with Crippen molar-refractivity contribution in [2.24, 2.45) is 28.1 Å². The maximum absolute atomic E-state index is 14.2.